The molecule has 1 aromatic carbocycles. The maximum atomic E-state index is 12.2. The molecule has 1 saturated heterocycles. The Morgan fingerprint density at radius 1 is 1.14 bits per heavy atom. The van der Waals surface area contributed by atoms with Crippen molar-refractivity contribution >= 4 is 0 Å². The Morgan fingerprint density at radius 3 is 2.28 bits per heavy atom. The summed E-state index contributed by atoms with van der Waals surface area (Å²) in [7, 11) is 2.08. The van der Waals surface area contributed by atoms with E-state index in [-0.39, 0.29) is 5.41 Å². The van der Waals surface area contributed by atoms with Crippen molar-refractivity contribution in [2.24, 2.45) is 11.1 Å². The molecule has 4 nitrogen and oxygen atoms in total. The van der Waals surface area contributed by atoms with Crippen LogP contribution in [-0.4, -0.2) is 40.7 Å². The minimum absolute atomic E-state index is 0.317. The lowest BCUT2D eigenvalue weighted by molar-refractivity contribution is -0.127. The maximum absolute atomic E-state index is 12.2. The third-order valence-electron chi connectivity index (χ3n) is 5.79. The number of rotatable bonds is 4. The van der Waals surface area contributed by atoms with Gasteiger partial charge in [-0.1, -0.05) is 56.9 Å². The highest BCUT2D eigenvalue weighted by molar-refractivity contribution is 5.45. The van der Waals surface area contributed by atoms with Gasteiger partial charge in [0.1, 0.15) is 5.60 Å². The highest BCUT2D eigenvalue weighted by Gasteiger charge is 2.55. The smallest absolute Gasteiger partial charge is 0.124 e. The van der Waals surface area contributed by atoms with E-state index in [1.165, 1.54) is 5.56 Å². The number of aliphatic hydroxyl groups is 1. The lowest BCUT2D eigenvalue weighted by Gasteiger charge is -2.55. The molecule has 1 aromatic heterocycles. The highest BCUT2D eigenvalue weighted by Crippen LogP contribution is 2.50. The van der Waals surface area contributed by atoms with Crippen LogP contribution < -0.4 is 5.73 Å². The van der Waals surface area contributed by atoms with E-state index in [2.05, 4.69) is 73.8 Å². The van der Waals surface area contributed by atoms with Gasteiger partial charge in [-0.2, -0.15) is 0 Å². The minimum Gasteiger partial charge on any atom is -0.380 e. The average molecular weight is 392 g/mol. The molecule has 2 aromatic rings. The Hall–Kier alpha value is -2.19. The normalized spacial score (nSPS) is 18.5. The molecule has 0 radical (unpaired) electrons. The second-order valence-electron chi connectivity index (χ2n) is 9.65. The zero-order chi connectivity index (χ0) is 21.4. The number of benzene rings is 1. The van der Waals surface area contributed by atoms with Crippen LogP contribution in [0.2, 0.25) is 0 Å². The van der Waals surface area contributed by atoms with E-state index in [9.17, 15) is 5.11 Å². The summed E-state index contributed by atoms with van der Waals surface area (Å²) in [6.45, 7) is 11.8. The molecule has 154 valence electrons. The molecule has 29 heavy (non-hydrogen) atoms. The van der Waals surface area contributed by atoms with Gasteiger partial charge >= 0.3 is 0 Å². The standard InChI is InChI=1S/C25H33N3O/c1-18(2)20-7-9-21(10-8-20)25(29,24(5)16-28(6)17-24)22-13-19(14-27-15-22)11-12-23(3,4)26/h7-10,13-15,18,29H,16-17,26H2,1-6H3. The molecule has 1 unspecified atom stereocenters. The van der Waals surface area contributed by atoms with Crippen molar-refractivity contribution in [3.63, 3.8) is 0 Å². The fourth-order valence-corrected chi connectivity index (χ4v) is 4.29. The minimum atomic E-state index is -1.15. The summed E-state index contributed by atoms with van der Waals surface area (Å²) in [5, 5.41) is 12.2. The van der Waals surface area contributed by atoms with E-state index in [0.717, 1.165) is 29.8 Å². The first kappa shape index (κ1) is 21.5. The van der Waals surface area contributed by atoms with E-state index in [4.69, 9.17) is 5.73 Å². The zero-order valence-electron chi connectivity index (χ0n) is 18.5. The molecular formula is C25H33N3O. The topological polar surface area (TPSA) is 62.4 Å². The largest absolute Gasteiger partial charge is 0.380 e. The van der Waals surface area contributed by atoms with Gasteiger partial charge in [0.25, 0.3) is 0 Å². The monoisotopic (exact) mass is 391 g/mol. The molecule has 1 fully saturated rings. The number of likely N-dealkylation sites (tertiary alicyclic amines) is 1. The molecule has 0 amide bonds. The SMILES string of the molecule is CC(C)c1ccc(C(O)(c2cncc(C#CC(C)(C)N)c2)C2(C)CN(C)C2)cc1. The van der Waals surface area contributed by atoms with Crippen LogP contribution in [0.3, 0.4) is 0 Å². The summed E-state index contributed by atoms with van der Waals surface area (Å²) in [4.78, 5) is 6.62. The van der Waals surface area contributed by atoms with Gasteiger partial charge in [0.15, 0.2) is 0 Å². The number of nitrogens with zero attached hydrogens (tertiary/aromatic N) is 2. The average Bonchev–Trinajstić information content (AvgIpc) is 2.64. The van der Waals surface area contributed by atoms with Crippen LogP contribution in [0.1, 0.15) is 62.8 Å². The van der Waals surface area contributed by atoms with E-state index in [1.807, 2.05) is 19.9 Å². The summed E-state index contributed by atoms with van der Waals surface area (Å²) in [5.41, 5.74) is 7.63. The summed E-state index contributed by atoms with van der Waals surface area (Å²) < 4.78 is 0. The molecule has 0 bridgehead atoms. The van der Waals surface area contributed by atoms with Crippen LogP contribution in [-0.2, 0) is 5.60 Å². The van der Waals surface area contributed by atoms with Gasteiger partial charge in [0.05, 0.1) is 5.54 Å². The van der Waals surface area contributed by atoms with Crippen LogP contribution in [0.25, 0.3) is 0 Å². The highest BCUT2D eigenvalue weighted by atomic mass is 16.3. The van der Waals surface area contributed by atoms with Crippen LogP contribution >= 0.6 is 0 Å². The number of hydrogen-bond donors (Lipinski definition) is 2. The first-order valence-electron chi connectivity index (χ1n) is 10.2. The van der Waals surface area contributed by atoms with Crippen molar-refractivity contribution in [2.75, 3.05) is 20.1 Å². The van der Waals surface area contributed by atoms with Gasteiger partial charge < -0.3 is 15.7 Å². The Kier molecular flexibility index (Phi) is 5.62. The Morgan fingerprint density at radius 2 is 1.76 bits per heavy atom. The van der Waals surface area contributed by atoms with Gasteiger partial charge in [-0.25, -0.2) is 0 Å². The molecule has 0 aliphatic carbocycles. The summed E-state index contributed by atoms with van der Waals surface area (Å²) >= 11 is 0. The molecule has 3 rings (SSSR count). The molecule has 0 saturated carbocycles. The van der Waals surface area contributed by atoms with Crippen molar-refractivity contribution in [1.29, 1.82) is 0 Å². The third kappa shape index (κ3) is 4.23. The third-order valence-corrected chi connectivity index (χ3v) is 5.79. The van der Waals surface area contributed by atoms with Crippen LogP contribution in [0.5, 0.6) is 0 Å². The second kappa shape index (κ2) is 7.57. The van der Waals surface area contributed by atoms with Crippen LogP contribution in [0.4, 0.5) is 0 Å². The van der Waals surface area contributed by atoms with Gasteiger partial charge in [0, 0.05) is 42.0 Å². The Labute approximate surface area is 175 Å². The van der Waals surface area contributed by atoms with E-state index in [1.54, 1.807) is 12.4 Å². The van der Waals surface area contributed by atoms with Crippen LogP contribution in [0.15, 0.2) is 42.7 Å². The fraction of sp³-hybridized carbons (Fsp3) is 0.480. The second-order valence-corrected chi connectivity index (χ2v) is 9.65. The Balaban J connectivity index is 2.11. The predicted molar refractivity (Wildman–Crippen MR) is 119 cm³/mol. The van der Waals surface area contributed by atoms with Crippen molar-refractivity contribution in [3.05, 3.63) is 65.0 Å². The molecule has 1 aliphatic rings. The molecule has 3 N–H and O–H groups in total. The van der Waals surface area contributed by atoms with E-state index >= 15 is 0 Å². The lowest BCUT2D eigenvalue weighted by atomic mass is 9.62. The zero-order valence-corrected chi connectivity index (χ0v) is 18.5. The van der Waals surface area contributed by atoms with Crippen molar-refractivity contribution in [1.82, 2.24) is 9.88 Å². The number of nitrogens with two attached hydrogens (primary N) is 1. The molecular weight excluding hydrogens is 358 g/mol. The molecule has 1 atom stereocenters. The summed E-state index contributed by atoms with van der Waals surface area (Å²) in [6, 6.07) is 10.3. The van der Waals surface area contributed by atoms with E-state index in [0.29, 0.717) is 5.92 Å². The molecule has 4 heteroatoms. The number of pyridine rings is 1. The van der Waals surface area contributed by atoms with Gasteiger partial charge in [-0.15, -0.1) is 0 Å². The maximum Gasteiger partial charge on any atom is 0.124 e. The summed E-state index contributed by atoms with van der Waals surface area (Å²) in [5.74, 6) is 6.60. The fourth-order valence-electron chi connectivity index (χ4n) is 4.29. The Bertz CT molecular complexity index is 925. The summed E-state index contributed by atoms with van der Waals surface area (Å²) in [6.07, 6.45) is 3.48. The van der Waals surface area contributed by atoms with E-state index < -0.39 is 11.1 Å². The number of aromatic nitrogens is 1. The van der Waals surface area contributed by atoms with Crippen LogP contribution in [0, 0.1) is 17.3 Å². The van der Waals surface area contributed by atoms with Crippen molar-refractivity contribution < 1.29 is 5.11 Å². The predicted octanol–water partition coefficient (Wildman–Crippen LogP) is 3.48. The molecule has 0 spiro atoms. The first-order valence-corrected chi connectivity index (χ1v) is 10.2. The quantitative estimate of drug-likeness (QED) is 0.784. The molecule has 2 heterocycles. The van der Waals surface area contributed by atoms with Gasteiger partial charge in [-0.3, -0.25) is 4.98 Å². The molecule has 1 aliphatic heterocycles. The number of hydrogen-bond acceptors (Lipinski definition) is 4. The first-order chi connectivity index (χ1) is 13.4. The van der Waals surface area contributed by atoms with Crippen molar-refractivity contribution in [3.8, 4) is 11.8 Å². The van der Waals surface area contributed by atoms with Crippen molar-refractivity contribution in [2.45, 2.75) is 51.7 Å². The van der Waals surface area contributed by atoms with Gasteiger partial charge in [0.2, 0.25) is 0 Å². The lowest BCUT2D eigenvalue weighted by Crippen LogP contribution is -2.63. The van der Waals surface area contributed by atoms with Gasteiger partial charge in [-0.05, 0) is 44.0 Å².